The first-order chi connectivity index (χ1) is 8.40. The molecule has 0 aromatic rings. The number of hydrogen-bond donors (Lipinski definition) is 0. The van der Waals surface area contributed by atoms with Crippen LogP contribution in [0, 0.1) is 35.5 Å². The van der Waals surface area contributed by atoms with E-state index in [1.165, 1.54) is 14.0 Å². The Bertz CT molecular complexity index is 365. The molecule has 2 rings (SSSR count). The van der Waals surface area contributed by atoms with E-state index in [0.717, 1.165) is 0 Å². The normalized spacial score (nSPS) is 45.9. The predicted molar refractivity (Wildman–Crippen MR) is 65.5 cm³/mol. The maximum Gasteiger partial charge on any atom is 0.312 e. The molecule has 2 aliphatic carbocycles. The standard InChI is InChI=1S/C14H22O4/c1-6-7(2)11-8(3)10(6)12(14(16)17-5)13(11)18-9(4)15/h6-8,10-13H,1-5H3/t6-,7-,8?,10?,11?,12+,13-/m1/s1. The van der Waals surface area contributed by atoms with E-state index >= 15 is 0 Å². The van der Waals surface area contributed by atoms with Gasteiger partial charge in [-0.05, 0) is 23.7 Å². The summed E-state index contributed by atoms with van der Waals surface area (Å²) < 4.78 is 10.3. The Morgan fingerprint density at radius 1 is 0.944 bits per heavy atom. The van der Waals surface area contributed by atoms with Crippen LogP contribution in [0.5, 0.6) is 0 Å². The highest BCUT2D eigenvalue weighted by Gasteiger charge is 2.63. The number of esters is 2. The number of fused-ring (bicyclic) bond motifs is 2. The summed E-state index contributed by atoms with van der Waals surface area (Å²) in [6.07, 6.45) is -0.304. The zero-order valence-corrected chi connectivity index (χ0v) is 11.7. The number of hydrogen-bond acceptors (Lipinski definition) is 4. The Hall–Kier alpha value is -1.06. The van der Waals surface area contributed by atoms with Gasteiger partial charge in [0.2, 0.25) is 0 Å². The summed E-state index contributed by atoms with van der Waals surface area (Å²) >= 11 is 0. The van der Waals surface area contributed by atoms with Crippen LogP contribution in [-0.2, 0) is 19.1 Å². The Morgan fingerprint density at radius 3 is 2.00 bits per heavy atom. The van der Waals surface area contributed by atoms with Crippen molar-refractivity contribution >= 4 is 11.9 Å². The number of ether oxygens (including phenoxy) is 2. The zero-order valence-electron chi connectivity index (χ0n) is 11.7. The van der Waals surface area contributed by atoms with Crippen molar-refractivity contribution in [2.75, 3.05) is 7.11 Å². The molecule has 2 bridgehead atoms. The molecule has 0 radical (unpaired) electrons. The van der Waals surface area contributed by atoms with Gasteiger partial charge in [-0.15, -0.1) is 0 Å². The molecule has 3 unspecified atom stereocenters. The summed E-state index contributed by atoms with van der Waals surface area (Å²) in [5, 5.41) is 0. The lowest BCUT2D eigenvalue weighted by atomic mass is 9.74. The molecular formula is C14H22O4. The van der Waals surface area contributed by atoms with Crippen molar-refractivity contribution in [3.63, 3.8) is 0 Å². The molecule has 4 heteroatoms. The molecule has 102 valence electrons. The van der Waals surface area contributed by atoms with Crippen molar-refractivity contribution < 1.29 is 19.1 Å². The van der Waals surface area contributed by atoms with Crippen LogP contribution in [0.25, 0.3) is 0 Å². The van der Waals surface area contributed by atoms with Crippen LogP contribution >= 0.6 is 0 Å². The van der Waals surface area contributed by atoms with Gasteiger partial charge in [0, 0.05) is 12.8 Å². The minimum Gasteiger partial charge on any atom is -0.469 e. The average Bonchev–Trinajstić information content (AvgIpc) is 2.68. The predicted octanol–water partition coefficient (Wildman–Crippen LogP) is 1.88. The van der Waals surface area contributed by atoms with Gasteiger partial charge in [-0.3, -0.25) is 9.59 Å². The molecule has 2 saturated carbocycles. The largest absolute Gasteiger partial charge is 0.469 e. The first kappa shape index (κ1) is 13.4. The summed E-state index contributed by atoms with van der Waals surface area (Å²) in [6, 6.07) is 0. The van der Waals surface area contributed by atoms with E-state index in [0.29, 0.717) is 17.8 Å². The molecule has 0 N–H and O–H groups in total. The van der Waals surface area contributed by atoms with Crippen LogP contribution < -0.4 is 0 Å². The lowest BCUT2D eigenvalue weighted by Gasteiger charge is -2.36. The van der Waals surface area contributed by atoms with E-state index in [2.05, 4.69) is 20.8 Å². The second kappa shape index (κ2) is 4.56. The second-order valence-electron chi connectivity index (χ2n) is 5.86. The topological polar surface area (TPSA) is 52.6 Å². The average molecular weight is 254 g/mol. The van der Waals surface area contributed by atoms with Crippen LogP contribution in [0.3, 0.4) is 0 Å². The van der Waals surface area contributed by atoms with E-state index in [4.69, 9.17) is 9.47 Å². The Balaban J connectivity index is 2.31. The van der Waals surface area contributed by atoms with Gasteiger partial charge in [-0.25, -0.2) is 0 Å². The first-order valence-corrected chi connectivity index (χ1v) is 6.65. The highest BCUT2D eigenvalue weighted by atomic mass is 16.6. The fourth-order valence-electron chi connectivity index (χ4n) is 4.40. The van der Waals surface area contributed by atoms with E-state index in [-0.39, 0.29) is 35.8 Å². The molecule has 0 amide bonds. The Labute approximate surface area is 108 Å². The van der Waals surface area contributed by atoms with Crippen LogP contribution in [0.1, 0.15) is 27.7 Å². The molecule has 4 nitrogen and oxygen atoms in total. The number of methoxy groups -OCH3 is 1. The minimum atomic E-state index is -0.312. The van der Waals surface area contributed by atoms with Crippen molar-refractivity contribution in [3.8, 4) is 0 Å². The molecule has 0 aliphatic heterocycles. The van der Waals surface area contributed by atoms with Crippen LogP contribution in [0.15, 0.2) is 0 Å². The molecule has 0 aromatic carbocycles. The zero-order chi connectivity index (χ0) is 13.6. The molecule has 0 spiro atoms. The van der Waals surface area contributed by atoms with Gasteiger partial charge in [0.25, 0.3) is 0 Å². The van der Waals surface area contributed by atoms with E-state index in [1.807, 2.05) is 0 Å². The van der Waals surface area contributed by atoms with Gasteiger partial charge < -0.3 is 9.47 Å². The third-order valence-corrected chi connectivity index (χ3v) is 5.18. The van der Waals surface area contributed by atoms with Gasteiger partial charge >= 0.3 is 11.9 Å². The molecule has 0 saturated heterocycles. The molecule has 2 fully saturated rings. The van der Waals surface area contributed by atoms with Crippen LogP contribution in [0.2, 0.25) is 0 Å². The van der Waals surface area contributed by atoms with E-state index in [9.17, 15) is 9.59 Å². The van der Waals surface area contributed by atoms with Gasteiger partial charge in [-0.1, -0.05) is 20.8 Å². The summed E-state index contributed by atoms with van der Waals surface area (Å²) in [6.45, 7) is 7.94. The quantitative estimate of drug-likeness (QED) is 0.706. The first-order valence-electron chi connectivity index (χ1n) is 6.65. The highest BCUT2D eigenvalue weighted by Crippen LogP contribution is 2.59. The lowest BCUT2D eigenvalue weighted by molar-refractivity contribution is -0.165. The SMILES string of the molecule is COC(=O)[C@H]1C2C(C)C([C@H]1OC(C)=O)[C@H](C)[C@H]2C. The fourth-order valence-corrected chi connectivity index (χ4v) is 4.40. The molecule has 2 aliphatic rings. The smallest absolute Gasteiger partial charge is 0.312 e. The maximum atomic E-state index is 12.0. The molecule has 18 heavy (non-hydrogen) atoms. The summed E-state index contributed by atoms with van der Waals surface area (Å²) in [4.78, 5) is 23.2. The molecule has 7 atom stereocenters. The van der Waals surface area contributed by atoms with E-state index < -0.39 is 0 Å². The highest BCUT2D eigenvalue weighted by molar-refractivity contribution is 5.75. The van der Waals surface area contributed by atoms with Crippen molar-refractivity contribution in [1.82, 2.24) is 0 Å². The van der Waals surface area contributed by atoms with Crippen LogP contribution in [-0.4, -0.2) is 25.2 Å². The van der Waals surface area contributed by atoms with E-state index in [1.54, 1.807) is 0 Å². The third kappa shape index (κ3) is 1.73. The minimum absolute atomic E-state index is 0.237. The van der Waals surface area contributed by atoms with Crippen molar-refractivity contribution in [3.05, 3.63) is 0 Å². The molecular weight excluding hydrogens is 232 g/mol. The summed E-state index contributed by atoms with van der Waals surface area (Å²) in [5.74, 6) is 1.07. The Morgan fingerprint density at radius 2 is 1.50 bits per heavy atom. The number of rotatable bonds is 2. The lowest BCUT2D eigenvalue weighted by Crippen LogP contribution is -2.43. The van der Waals surface area contributed by atoms with Gasteiger partial charge in [-0.2, -0.15) is 0 Å². The van der Waals surface area contributed by atoms with Crippen molar-refractivity contribution in [1.29, 1.82) is 0 Å². The van der Waals surface area contributed by atoms with Crippen molar-refractivity contribution in [2.24, 2.45) is 35.5 Å². The second-order valence-corrected chi connectivity index (χ2v) is 5.86. The maximum absolute atomic E-state index is 12.0. The van der Waals surface area contributed by atoms with Crippen molar-refractivity contribution in [2.45, 2.75) is 33.8 Å². The third-order valence-electron chi connectivity index (χ3n) is 5.18. The Kier molecular flexibility index (Phi) is 3.39. The van der Waals surface area contributed by atoms with Gasteiger partial charge in [0.05, 0.1) is 13.0 Å². The van der Waals surface area contributed by atoms with Gasteiger partial charge in [0.15, 0.2) is 0 Å². The van der Waals surface area contributed by atoms with Crippen LogP contribution in [0.4, 0.5) is 0 Å². The van der Waals surface area contributed by atoms with Gasteiger partial charge in [0.1, 0.15) is 6.10 Å². The fraction of sp³-hybridized carbons (Fsp3) is 0.857. The summed E-state index contributed by atoms with van der Waals surface area (Å²) in [7, 11) is 1.40. The number of carbonyl (C=O) groups is 2. The summed E-state index contributed by atoms with van der Waals surface area (Å²) in [5.41, 5.74) is 0. The monoisotopic (exact) mass is 254 g/mol. The number of carbonyl (C=O) groups excluding carboxylic acids is 2. The molecule has 0 aromatic heterocycles. The molecule has 0 heterocycles.